The molecule has 1 aliphatic carbocycles. The van der Waals surface area contributed by atoms with Crippen molar-refractivity contribution >= 4 is 5.91 Å². The van der Waals surface area contributed by atoms with Crippen molar-refractivity contribution in [1.29, 1.82) is 0 Å². The lowest BCUT2D eigenvalue weighted by Gasteiger charge is -2.46. The molecule has 0 atom stereocenters. The van der Waals surface area contributed by atoms with Crippen LogP contribution in [0.5, 0.6) is 0 Å². The van der Waals surface area contributed by atoms with Gasteiger partial charge in [-0.15, -0.1) is 0 Å². The van der Waals surface area contributed by atoms with Crippen molar-refractivity contribution in [2.45, 2.75) is 58.4 Å². The molecule has 3 aliphatic rings. The molecule has 1 aromatic rings. The van der Waals surface area contributed by atoms with E-state index in [4.69, 9.17) is 4.42 Å². The minimum atomic E-state index is 0.361. The second kappa shape index (κ2) is 7.59. The van der Waals surface area contributed by atoms with Crippen molar-refractivity contribution in [3.05, 3.63) is 35.8 Å². The van der Waals surface area contributed by atoms with Gasteiger partial charge in [0.1, 0.15) is 11.5 Å². The summed E-state index contributed by atoms with van der Waals surface area (Å²) >= 11 is 0. The zero-order valence-electron chi connectivity index (χ0n) is 16.1. The molecule has 0 radical (unpaired) electrons. The molecule has 3 heterocycles. The average molecular weight is 357 g/mol. The number of carbonyl (C=O) groups is 1. The summed E-state index contributed by atoms with van der Waals surface area (Å²) in [7, 11) is 0. The zero-order valence-corrected chi connectivity index (χ0v) is 16.1. The molecule has 26 heavy (non-hydrogen) atoms. The summed E-state index contributed by atoms with van der Waals surface area (Å²) in [5.41, 5.74) is 0.546. The van der Waals surface area contributed by atoms with Crippen LogP contribution in [0.25, 0.3) is 0 Å². The normalized spacial score (nSPS) is 23.8. The van der Waals surface area contributed by atoms with Gasteiger partial charge in [0.05, 0.1) is 6.54 Å². The number of nitrogens with zero attached hydrogens (tertiary/aromatic N) is 2. The molecular weight excluding hydrogens is 324 g/mol. The van der Waals surface area contributed by atoms with Crippen LogP contribution in [0.4, 0.5) is 0 Å². The summed E-state index contributed by atoms with van der Waals surface area (Å²) in [6, 6.07) is 4.17. The number of hydrogen-bond acceptors (Lipinski definition) is 3. The number of likely N-dealkylation sites (tertiary alicyclic amines) is 1. The maximum absolute atomic E-state index is 12.4. The maximum Gasteiger partial charge on any atom is 0.223 e. The van der Waals surface area contributed by atoms with Gasteiger partial charge in [0.2, 0.25) is 5.91 Å². The average Bonchev–Trinajstić information content (AvgIpc) is 3.31. The first-order valence-electron chi connectivity index (χ1n) is 10.3. The van der Waals surface area contributed by atoms with Gasteiger partial charge in [0.25, 0.3) is 0 Å². The van der Waals surface area contributed by atoms with Crippen LogP contribution in [0.2, 0.25) is 0 Å². The molecule has 2 aliphatic heterocycles. The Hall–Kier alpha value is -1.55. The first-order chi connectivity index (χ1) is 12.6. The van der Waals surface area contributed by atoms with E-state index in [1.54, 1.807) is 0 Å². The lowest BCUT2D eigenvalue weighted by atomic mass is 9.65. The number of piperidine rings is 1. The third-order valence-electron chi connectivity index (χ3n) is 6.89. The van der Waals surface area contributed by atoms with Gasteiger partial charge in [-0.3, -0.25) is 9.69 Å². The van der Waals surface area contributed by atoms with Crippen molar-refractivity contribution in [3.63, 3.8) is 0 Å². The highest BCUT2D eigenvalue weighted by molar-refractivity contribution is 5.77. The van der Waals surface area contributed by atoms with Crippen molar-refractivity contribution < 1.29 is 9.21 Å². The zero-order chi connectivity index (χ0) is 18.0. The number of rotatable bonds is 4. The summed E-state index contributed by atoms with van der Waals surface area (Å²) < 4.78 is 5.73. The second-order valence-corrected chi connectivity index (χ2v) is 8.71. The van der Waals surface area contributed by atoms with Gasteiger partial charge in [0, 0.05) is 19.5 Å². The SMILES string of the molecule is Cc1ccc(CN2CCC3(CCC(CC(=O)N4CC=CC4)CC3)CC2)o1. The second-order valence-electron chi connectivity index (χ2n) is 8.71. The van der Waals surface area contributed by atoms with E-state index in [2.05, 4.69) is 29.2 Å². The molecule has 1 amide bonds. The lowest BCUT2D eigenvalue weighted by molar-refractivity contribution is -0.131. The number of furan rings is 1. The van der Waals surface area contributed by atoms with Crippen LogP contribution in [0, 0.1) is 18.3 Å². The molecule has 142 valence electrons. The number of carbonyl (C=O) groups excluding carboxylic acids is 1. The quantitative estimate of drug-likeness (QED) is 0.761. The van der Waals surface area contributed by atoms with Crippen molar-refractivity contribution in [2.75, 3.05) is 26.2 Å². The lowest BCUT2D eigenvalue weighted by Crippen LogP contribution is -2.42. The van der Waals surface area contributed by atoms with Crippen LogP contribution in [-0.4, -0.2) is 41.9 Å². The van der Waals surface area contributed by atoms with Crippen molar-refractivity contribution in [2.24, 2.45) is 11.3 Å². The molecule has 4 nitrogen and oxygen atoms in total. The van der Waals surface area contributed by atoms with E-state index in [9.17, 15) is 4.79 Å². The number of amides is 1. The Morgan fingerprint density at radius 2 is 1.81 bits per heavy atom. The maximum atomic E-state index is 12.4. The minimum absolute atomic E-state index is 0.361. The first-order valence-corrected chi connectivity index (χ1v) is 10.3. The topological polar surface area (TPSA) is 36.7 Å². The van der Waals surface area contributed by atoms with E-state index in [-0.39, 0.29) is 0 Å². The van der Waals surface area contributed by atoms with E-state index in [0.717, 1.165) is 37.6 Å². The van der Waals surface area contributed by atoms with Crippen LogP contribution in [0.3, 0.4) is 0 Å². The molecule has 1 aromatic heterocycles. The molecule has 0 unspecified atom stereocenters. The Morgan fingerprint density at radius 1 is 1.12 bits per heavy atom. The molecule has 2 fully saturated rings. The van der Waals surface area contributed by atoms with Crippen LogP contribution < -0.4 is 0 Å². The molecule has 4 heteroatoms. The molecule has 0 N–H and O–H groups in total. The Bertz CT molecular complexity index is 637. The smallest absolute Gasteiger partial charge is 0.223 e. The largest absolute Gasteiger partial charge is 0.465 e. The Morgan fingerprint density at radius 3 is 2.42 bits per heavy atom. The standard InChI is InChI=1S/C22H32N2O2/c1-18-4-5-20(26-18)17-23-14-10-22(11-15-23)8-6-19(7-9-22)16-21(25)24-12-2-3-13-24/h2-5,19H,6-17H2,1H3. The summed E-state index contributed by atoms with van der Waals surface area (Å²) in [5, 5.41) is 0. The number of aryl methyl sites for hydroxylation is 1. The van der Waals surface area contributed by atoms with Crippen LogP contribution >= 0.6 is 0 Å². The van der Waals surface area contributed by atoms with E-state index in [1.165, 1.54) is 51.6 Å². The third-order valence-corrected chi connectivity index (χ3v) is 6.89. The molecule has 1 saturated heterocycles. The van der Waals surface area contributed by atoms with Gasteiger partial charge in [0.15, 0.2) is 0 Å². The van der Waals surface area contributed by atoms with Crippen molar-refractivity contribution in [1.82, 2.24) is 9.80 Å². The monoisotopic (exact) mass is 356 g/mol. The first kappa shape index (κ1) is 17.8. The minimum Gasteiger partial charge on any atom is -0.465 e. The molecule has 4 rings (SSSR count). The fraction of sp³-hybridized carbons (Fsp3) is 0.682. The highest BCUT2D eigenvalue weighted by Crippen LogP contribution is 2.47. The Kier molecular flexibility index (Phi) is 5.21. The molecule has 1 saturated carbocycles. The molecule has 1 spiro atoms. The fourth-order valence-corrected chi connectivity index (χ4v) is 5.03. The summed E-state index contributed by atoms with van der Waals surface area (Å²) in [5.74, 6) is 3.07. The Labute approximate surface area is 157 Å². The van der Waals surface area contributed by atoms with Gasteiger partial charge in [-0.2, -0.15) is 0 Å². The van der Waals surface area contributed by atoms with E-state index in [0.29, 0.717) is 17.2 Å². The molecular formula is C22H32N2O2. The third kappa shape index (κ3) is 4.06. The van der Waals surface area contributed by atoms with Crippen molar-refractivity contribution in [3.8, 4) is 0 Å². The number of hydrogen-bond donors (Lipinski definition) is 0. The van der Waals surface area contributed by atoms with Crippen LogP contribution in [0.15, 0.2) is 28.7 Å². The van der Waals surface area contributed by atoms with Gasteiger partial charge in [-0.05, 0) is 82.0 Å². The van der Waals surface area contributed by atoms with E-state index < -0.39 is 0 Å². The Balaban J connectivity index is 1.21. The highest BCUT2D eigenvalue weighted by Gasteiger charge is 2.38. The van der Waals surface area contributed by atoms with Gasteiger partial charge < -0.3 is 9.32 Å². The predicted molar refractivity (Wildman–Crippen MR) is 103 cm³/mol. The predicted octanol–water partition coefficient (Wildman–Crippen LogP) is 4.15. The van der Waals surface area contributed by atoms with Gasteiger partial charge in [-0.25, -0.2) is 0 Å². The summed E-state index contributed by atoms with van der Waals surface area (Å²) in [6.07, 6.45) is 12.7. The van der Waals surface area contributed by atoms with E-state index in [1.807, 2.05) is 11.8 Å². The summed E-state index contributed by atoms with van der Waals surface area (Å²) in [4.78, 5) is 16.9. The van der Waals surface area contributed by atoms with E-state index >= 15 is 0 Å². The molecule has 0 aromatic carbocycles. The highest BCUT2D eigenvalue weighted by atomic mass is 16.3. The van der Waals surface area contributed by atoms with Crippen LogP contribution in [0.1, 0.15) is 56.5 Å². The fourth-order valence-electron chi connectivity index (χ4n) is 5.03. The van der Waals surface area contributed by atoms with Gasteiger partial charge in [-0.1, -0.05) is 12.2 Å². The summed E-state index contributed by atoms with van der Waals surface area (Å²) in [6.45, 7) is 6.97. The van der Waals surface area contributed by atoms with Crippen LogP contribution in [-0.2, 0) is 11.3 Å². The van der Waals surface area contributed by atoms with Gasteiger partial charge >= 0.3 is 0 Å². The molecule has 0 bridgehead atoms.